The van der Waals surface area contributed by atoms with Crippen molar-refractivity contribution in [2.75, 3.05) is 18.9 Å². The molecule has 3 atom stereocenters. The molecule has 0 aliphatic carbocycles. The van der Waals surface area contributed by atoms with Gasteiger partial charge in [0.05, 0.1) is 19.3 Å². The third kappa shape index (κ3) is 2.12. The molecule has 8 heteroatoms. The Balaban J connectivity index is 2.39. The van der Waals surface area contributed by atoms with Crippen LogP contribution in [0.4, 0.5) is 5.82 Å². The number of aromatic nitrogens is 2. The zero-order valence-electron chi connectivity index (χ0n) is 10.4. The topological polar surface area (TPSA) is 131 Å². The van der Waals surface area contributed by atoms with Gasteiger partial charge in [-0.15, -0.1) is 0 Å². The SMILES string of the molecule is C[C@@H]1[C@H](n2ccc(N)nc2=O)OC(CO)(CO)[C@H]1O. The Morgan fingerprint density at radius 1 is 1.53 bits per heavy atom. The number of anilines is 1. The molecule has 19 heavy (non-hydrogen) atoms. The van der Waals surface area contributed by atoms with E-state index in [4.69, 9.17) is 10.5 Å². The molecule has 0 unspecified atom stereocenters. The van der Waals surface area contributed by atoms with Gasteiger partial charge < -0.3 is 25.8 Å². The minimum Gasteiger partial charge on any atom is -0.393 e. The molecule has 0 spiro atoms. The highest BCUT2D eigenvalue weighted by molar-refractivity contribution is 5.23. The Bertz CT molecular complexity index is 513. The molecular formula is C11H17N3O5. The molecule has 0 aromatic carbocycles. The summed E-state index contributed by atoms with van der Waals surface area (Å²) in [6.07, 6.45) is -0.518. The van der Waals surface area contributed by atoms with E-state index in [0.29, 0.717) is 0 Å². The van der Waals surface area contributed by atoms with Crippen molar-refractivity contribution in [3.05, 3.63) is 22.7 Å². The summed E-state index contributed by atoms with van der Waals surface area (Å²) >= 11 is 0. The second-order valence-electron chi connectivity index (χ2n) is 4.74. The lowest BCUT2D eigenvalue weighted by Crippen LogP contribution is -2.47. The lowest BCUT2D eigenvalue weighted by atomic mass is 9.92. The normalized spacial score (nSPS) is 29.6. The van der Waals surface area contributed by atoms with E-state index >= 15 is 0 Å². The number of ether oxygens (including phenoxy) is 1. The summed E-state index contributed by atoms with van der Waals surface area (Å²) in [5, 5.41) is 28.7. The average Bonchev–Trinajstić information content (AvgIpc) is 2.64. The van der Waals surface area contributed by atoms with Gasteiger partial charge in [0.15, 0.2) is 0 Å². The summed E-state index contributed by atoms with van der Waals surface area (Å²) in [5.41, 5.74) is 3.30. The molecule has 106 valence electrons. The zero-order valence-corrected chi connectivity index (χ0v) is 10.4. The Labute approximate surface area is 109 Å². The summed E-state index contributed by atoms with van der Waals surface area (Å²) in [4.78, 5) is 15.3. The second kappa shape index (κ2) is 4.89. The van der Waals surface area contributed by atoms with Crippen LogP contribution < -0.4 is 11.4 Å². The number of hydrogen-bond donors (Lipinski definition) is 4. The van der Waals surface area contributed by atoms with Gasteiger partial charge in [0.25, 0.3) is 0 Å². The van der Waals surface area contributed by atoms with Gasteiger partial charge in [-0.3, -0.25) is 4.57 Å². The van der Waals surface area contributed by atoms with E-state index < -0.39 is 42.8 Å². The predicted molar refractivity (Wildman–Crippen MR) is 65.1 cm³/mol. The zero-order chi connectivity index (χ0) is 14.2. The lowest BCUT2D eigenvalue weighted by molar-refractivity contribution is -0.150. The van der Waals surface area contributed by atoms with Gasteiger partial charge in [-0.2, -0.15) is 4.98 Å². The van der Waals surface area contributed by atoms with Crippen LogP contribution in [0.25, 0.3) is 0 Å². The molecule has 1 saturated heterocycles. The van der Waals surface area contributed by atoms with Crippen molar-refractivity contribution in [3.63, 3.8) is 0 Å². The van der Waals surface area contributed by atoms with Crippen LogP contribution in [0.2, 0.25) is 0 Å². The van der Waals surface area contributed by atoms with E-state index in [1.807, 2.05) is 0 Å². The molecule has 1 aliphatic heterocycles. The van der Waals surface area contributed by atoms with Crippen LogP contribution in [0, 0.1) is 5.92 Å². The van der Waals surface area contributed by atoms with Gasteiger partial charge in [0.2, 0.25) is 0 Å². The van der Waals surface area contributed by atoms with Gasteiger partial charge in [-0.25, -0.2) is 4.79 Å². The van der Waals surface area contributed by atoms with Gasteiger partial charge >= 0.3 is 5.69 Å². The molecule has 0 amide bonds. The summed E-state index contributed by atoms with van der Waals surface area (Å²) < 4.78 is 6.69. The Kier molecular flexibility index (Phi) is 3.59. The second-order valence-corrected chi connectivity index (χ2v) is 4.74. The van der Waals surface area contributed by atoms with Crippen LogP contribution in [-0.4, -0.2) is 49.8 Å². The Morgan fingerprint density at radius 3 is 2.63 bits per heavy atom. The maximum atomic E-state index is 11.8. The molecule has 1 aromatic heterocycles. The van der Waals surface area contributed by atoms with Crippen molar-refractivity contribution in [2.45, 2.75) is 24.9 Å². The summed E-state index contributed by atoms with van der Waals surface area (Å²) in [6.45, 7) is 0.552. The first-order valence-electron chi connectivity index (χ1n) is 5.87. The van der Waals surface area contributed by atoms with Crippen molar-refractivity contribution < 1.29 is 20.1 Å². The number of aliphatic hydroxyl groups is 3. The van der Waals surface area contributed by atoms with E-state index in [9.17, 15) is 20.1 Å². The number of aliphatic hydroxyl groups excluding tert-OH is 3. The fraction of sp³-hybridized carbons (Fsp3) is 0.636. The minimum absolute atomic E-state index is 0.0861. The van der Waals surface area contributed by atoms with Crippen molar-refractivity contribution in [1.29, 1.82) is 0 Å². The highest BCUT2D eigenvalue weighted by atomic mass is 16.6. The van der Waals surface area contributed by atoms with Gasteiger partial charge in [-0.05, 0) is 6.07 Å². The summed E-state index contributed by atoms with van der Waals surface area (Å²) in [5.74, 6) is -0.412. The fourth-order valence-electron chi connectivity index (χ4n) is 2.29. The molecule has 2 rings (SSSR count). The third-order valence-electron chi connectivity index (χ3n) is 3.50. The summed E-state index contributed by atoms with van der Waals surface area (Å²) in [7, 11) is 0. The van der Waals surface area contributed by atoms with E-state index in [1.165, 1.54) is 16.8 Å². The molecule has 1 aromatic rings. The average molecular weight is 271 g/mol. The van der Waals surface area contributed by atoms with Crippen LogP contribution in [0.1, 0.15) is 13.2 Å². The molecular weight excluding hydrogens is 254 g/mol. The highest BCUT2D eigenvalue weighted by Gasteiger charge is 2.53. The molecule has 0 bridgehead atoms. The van der Waals surface area contributed by atoms with E-state index in [-0.39, 0.29) is 5.82 Å². The number of nitrogens with zero attached hydrogens (tertiary/aromatic N) is 2. The van der Waals surface area contributed by atoms with E-state index in [0.717, 1.165) is 0 Å². The number of rotatable bonds is 3. The summed E-state index contributed by atoms with van der Waals surface area (Å²) in [6, 6.07) is 1.43. The van der Waals surface area contributed by atoms with Crippen LogP contribution >= 0.6 is 0 Å². The Morgan fingerprint density at radius 2 is 2.16 bits per heavy atom. The van der Waals surface area contributed by atoms with Gasteiger partial charge in [-0.1, -0.05) is 6.92 Å². The fourth-order valence-corrected chi connectivity index (χ4v) is 2.29. The molecule has 1 fully saturated rings. The minimum atomic E-state index is -1.48. The molecule has 0 radical (unpaired) electrons. The Hall–Kier alpha value is -1.48. The molecule has 2 heterocycles. The van der Waals surface area contributed by atoms with Crippen molar-refractivity contribution in [2.24, 2.45) is 5.92 Å². The molecule has 0 saturated carbocycles. The molecule has 1 aliphatic rings. The smallest absolute Gasteiger partial charge is 0.351 e. The first kappa shape index (κ1) is 13.9. The van der Waals surface area contributed by atoms with E-state index in [2.05, 4.69) is 4.98 Å². The van der Waals surface area contributed by atoms with Crippen molar-refractivity contribution >= 4 is 5.82 Å². The highest BCUT2D eigenvalue weighted by Crippen LogP contribution is 2.40. The van der Waals surface area contributed by atoms with Gasteiger partial charge in [0, 0.05) is 12.1 Å². The van der Waals surface area contributed by atoms with Crippen LogP contribution in [0.3, 0.4) is 0 Å². The standard InChI is InChI=1S/C11H17N3O5/c1-6-8(17)11(4-15,5-16)19-9(6)14-3-2-7(12)13-10(14)18/h2-3,6,8-9,15-17H,4-5H2,1H3,(H2,12,13,18)/t6-,8-,9+/m0/s1. The molecule has 8 nitrogen and oxygen atoms in total. The van der Waals surface area contributed by atoms with Crippen LogP contribution in [-0.2, 0) is 4.74 Å². The molecule has 5 N–H and O–H groups in total. The number of nitrogens with two attached hydrogens (primary N) is 1. The monoisotopic (exact) mass is 271 g/mol. The first-order chi connectivity index (χ1) is 8.95. The maximum absolute atomic E-state index is 11.8. The van der Waals surface area contributed by atoms with Crippen molar-refractivity contribution in [1.82, 2.24) is 9.55 Å². The van der Waals surface area contributed by atoms with Gasteiger partial charge in [0.1, 0.15) is 17.6 Å². The maximum Gasteiger partial charge on any atom is 0.351 e. The van der Waals surface area contributed by atoms with Crippen molar-refractivity contribution in [3.8, 4) is 0 Å². The first-order valence-corrected chi connectivity index (χ1v) is 5.87. The third-order valence-corrected chi connectivity index (χ3v) is 3.50. The number of nitrogen functional groups attached to an aromatic ring is 1. The largest absolute Gasteiger partial charge is 0.393 e. The van der Waals surface area contributed by atoms with Crippen LogP contribution in [0.5, 0.6) is 0 Å². The predicted octanol–water partition coefficient (Wildman–Crippen LogP) is -1.93. The lowest BCUT2D eigenvalue weighted by Gasteiger charge is -2.27. The van der Waals surface area contributed by atoms with Crippen LogP contribution in [0.15, 0.2) is 17.1 Å². The quantitative estimate of drug-likeness (QED) is 0.503. The van der Waals surface area contributed by atoms with E-state index in [1.54, 1.807) is 6.92 Å². The number of hydrogen-bond acceptors (Lipinski definition) is 7.